The van der Waals surface area contributed by atoms with Gasteiger partial charge in [-0.25, -0.2) is 8.42 Å². The van der Waals surface area contributed by atoms with Crippen molar-refractivity contribution in [3.05, 3.63) is 28.2 Å². The first-order valence-electron chi connectivity index (χ1n) is 4.27. The van der Waals surface area contributed by atoms with Gasteiger partial charge in [-0.3, -0.25) is 9.82 Å². The summed E-state index contributed by atoms with van der Waals surface area (Å²) in [5, 5.41) is 6.30. The summed E-state index contributed by atoms with van der Waals surface area (Å²) in [6, 6.07) is 3.00. The zero-order valence-electron chi connectivity index (χ0n) is 8.19. The maximum absolute atomic E-state index is 11.9. The van der Waals surface area contributed by atoms with Crippen molar-refractivity contribution in [1.29, 1.82) is 0 Å². The lowest BCUT2D eigenvalue weighted by molar-refractivity contribution is 0.603. The van der Waals surface area contributed by atoms with Gasteiger partial charge in [0.15, 0.2) is 0 Å². The number of nitrogens with zero attached hydrogens (tertiary/aromatic N) is 1. The van der Waals surface area contributed by atoms with E-state index in [1.165, 1.54) is 6.07 Å². The van der Waals surface area contributed by atoms with Crippen molar-refractivity contribution < 1.29 is 8.42 Å². The van der Waals surface area contributed by atoms with Crippen LogP contribution in [0.2, 0.25) is 4.34 Å². The number of hydrogen-bond acceptors (Lipinski definition) is 4. The third-order valence-corrected chi connectivity index (χ3v) is 4.95. The number of sulfonamides is 1. The second-order valence-electron chi connectivity index (χ2n) is 3.09. The highest BCUT2D eigenvalue weighted by Crippen LogP contribution is 2.27. The molecule has 2 heterocycles. The minimum Gasteiger partial charge on any atom is -0.263 e. The van der Waals surface area contributed by atoms with Gasteiger partial charge in [0.2, 0.25) is 0 Å². The molecule has 0 saturated heterocycles. The van der Waals surface area contributed by atoms with Crippen LogP contribution in [-0.4, -0.2) is 18.6 Å². The number of H-pyrrole nitrogens is 1. The van der Waals surface area contributed by atoms with Crippen LogP contribution < -0.4 is 4.72 Å². The first-order chi connectivity index (χ1) is 7.49. The average molecular weight is 278 g/mol. The molecule has 86 valence electrons. The van der Waals surface area contributed by atoms with Crippen molar-refractivity contribution in [1.82, 2.24) is 10.2 Å². The Hall–Kier alpha value is -1.05. The molecule has 0 aliphatic rings. The predicted molar refractivity (Wildman–Crippen MR) is 63.5 cm³/mol. The minimum atomic E-state index is -3.57. The van der Waals surface area contributed by atoms with Crippen LogP contribution >= 0.6 is 22.9 Å². The molecule has 2 rings (SSSR count). The summed E-state index contributed by atoms with van der Waals surface area (Å²) in [4.78, 5) is 0. The lowest BCUT2D eigenvalue weighted by Crippen LogP contribution is -2.12. The summed E-state index contributed by atoms with van der Waals surface area (Å²) in [6.45, 7) is 1.75. The Morgan fingerprint density at radius 3 is 2.75 bits per heavy atom. The fourth-order valence-corrected chi connectivity index (χ4v) is 3.65. The Morgan fingerprint density at radius 2 is 2.25 bits per heavy atom. The van der Waals surface area contributed by atoms with Gasteiger partial charge in [-0.15, -0.1) is 11.3 Å². The smallest absolute Gasteiger partial charge is 0.263 e. The molecule has 0 fully saturated rings. The number of anilines is 1. The molecular weight excluding hydrogens is 270 g/mol. The molecule has 0 unspecified atom stereocenters. The molecule has 2 aromatic rings. The van der Waals surface area contributed by atoms with Gasteiger partial charge in [-0.05, 0) is 19.1 Å². The van der Waals surface area contributed by atoms with E-state index in [9.17, 15) is 8.42 Å². The topological polar surface area (TPSA) is 74.8 Å². The van der Waals surface area contributed by atoms with E-state index in [0.29, 0.717) is 10.2 Å². The van der Waals surface area contributed by atoms with Gasteiger partial charge in [-0.1, -0.05) is 11.6 Å². The predicted octanol–water partition coefficient (Wildman–Crippen LogP) is 2.23. The van der Waals surface area contributed by atoms with Crippen LogP contribution in [0.1, 0.15) is 5.56 Å². The number of halogens is 1. The maximum atomic E-state index is 11.9. The molecule has 0 spiro atoms. The number of nitrogens with one attached hydrogen (secondary N) is 2. The molecule has 0 saturated carbocycles. The van der Waals surface area contributed by atoms with Crippen LogP contribution in [0.15, 0.2) is 22.5 Å². The molecule has 0 aliphatic heterocycles. The van der Waals surface area contributed by atoms with Crippen molar-refractivity contribution >= 4 is 38.8 Å². The van der Waals surface area contributed by atoms with Gasteiger partial charge in [0, 0.05) is 5.56 Å². The van der Waals surface area contributed by atoms with Gasteiger partial charge < -0.3 is 0 Å². The number of thiophene rings is 1. The zero-order valence-corrected chi connectivity index (χ0v) is 10.6. The average Bonchev–Trinajstić information content (AvgIpc) is 2.77. The lowest BCUT2D eigenvalue weighted by atomic mass is 10.4. The van der Waals surface area contributed by atoms with Gasteiger partial charge in [0.1, 0.15) is 10.0 Å². The zero-order chi connectivity index (χ0) is 11.8. The van der Waals surface area contributed by atoms with E-state index < -0.39 is 10.0 Å². The number of aryl methyl sites for hydroxylation is 1. The van der Waals surface area contributed by atoms with Crippen LogP contribution in [0.3, 0.4) is 0 Å². The highest BCUT2D eigenvalue weighted by Gasteiger charge is 2.18. The standard InChI is InChI=1S/C8H8ClN3O2S2/c1-5-4-10-11-8(5)12-16(13,14)7-3-2-6(9)15-7/h2-4H,1H3,(H2,10,11,12). The second-order valence-corrected chi connectivity index (χ2v) is 6.72. The molecule has 5 nitrogen and oxygen atoms in total. The largest absolute Gasteiger partial charge is 0.272 e. The van der Waals surface area contributed by atoms with Crippen molar-refractivity contribution in [3.8, 4) is 0 Å². The van der Waals surface area contributed by atoms with Crippen LogP contribution in [0.5, 0.6) is 0 Å². The Balaban J connectivity index is 2.31. The highest BCUT2D eigenvalue weighted by atomic mass is 35.5. The van der Waals surface area contributed by atoms with E-state index in [4.69, 9.17) is 11.6 Å². The summed E-state index contributed by atoms with van der Waals surface area (Å²) >= 11 is 6.69. The molecule has 2 N–H and O–H groups in total. The SMILES string of the molecule is Cc1cn[nH]c1NS(=O)(=O)c1ccc(Cl)s1. The molecule has 0 bridgehead atoms. The van der Waals surface area contributed by atoms with Crippen LogP contribution in [0, 0.1) is 6.92 Å². The summed E-state index contributed by atoms with van der Waals surface area (Å²) in [6.07, 6.45) is 1.54. The minimum absolute atomic E-state index is 0.173. The normalized spacial score (nSPS) is 11.6. The molecule has 0 radical (unpaired) electrons. The number of aromatic nitrogens is 2. The van der Waals surface area contributed by atoms with Crippen molar-refractivity contribution in [3.63, 3.8) is 0 Å². The second kappa shape index (κ2) is 4.08. The Kier molecular flexibility index (Phi) is 2.92. The molecule has 2 aromatic heterocycles. The molecule has 0 amide bonds. The Morgan fingerprint density at radius 1 is 1.50 bits per heavy atom. The van der Waals surface area contributed by atoms with Gasteiger partial charge in [0.25, 0.3) is 10.0 Å². The van der Waals surface area contributed by atoms with Crippen LogP contribution in [0.25, 0.3) is 0 Å². The maximum Gasteiger partial charge on any atom is 0.272 e. The van der Waals surface area contributed by atoms with Gasteiger partial charge in [-0.2, -0.15) is 5.10 Å². The van der Waals surface area contributed by atoms with Gasteiger partial charge >= 0.3 is 0 Å². The Bertz CT molecular complexity index is 602. The fourth-order valence-electron chi connectivity index (χ4n) is 1.08. The van der Waals surface area contributed by atoms with Crippen LogP contribution in [-0.2, 0) is 10.0 Å². The third-order valence-electron chi connectivity index (χ3n) is 1.88. The van der Waals surface area contributed by atoms with E-state index in [-0.39, 0.29) is 4.21 Å². The molecule has 8 heteroatoms. The molecule has 0 aliphatic carbocycles. The van der Waals surface area contributed by atoms with Crippen molar-refractivity contribution in [2.45, 2.75) is 11.1 Å². The van der Waals surface area contributed by atoms with Crippen molar-refractivity contribution in [2.75, 3.05) is 4.72 Å². The summed E-state index contributed by atoms with van der Waals surface area (Å²) < 4.78 is 26.7. The number of hydrogen-bond donors (Lipinski definition) is 2. The van der Waals surface area contributed by atoms with E-state index in [0.717, 1.165) is 16.9 Å². The van der Waals surface area contributed by atoms with Crippen molar-refractivity contribution in [2.24, 2.45) is 0 Å². The molecule has 16 heavy (non-hydrogen) atoms. The first-order valence-corrected chi connectivity index (χ1v) is 6.95. The van der Waals surface area contributed by atoms with Crippen LogP contribution in [0.4, 0.5) is 5.82 Å². The van der Waals surface area contributed by atoms with E-state index in [1.807, 2.05) is 0 Å². The summed E-state index contributed by atoms with van der Waals surface area (Å²) in [7, 11) is -3.57. The molecular formula is C8H8ClN3O2S2. The first kappa shape index (κ1) is 11.4. The van der Waals surface area contributed by atoms with E-state index in [2.05, 4.69) is 14.9 Å². The molecule has 0 aromatic carbocycles. The van der Waals surface area contributed by atoms with E-state index in [1.54, 1.807) is 19.2 Å². The fraction of sp³-hybridized carbons (Fsp3) is 0.125. The quantitative estimate of drug-likeness (QED) is 0.903. The Labute approximate surface area is 102 Å². The summed E-state index contributed by atoms with van der Waals surface area (Å²) in [5.74, 6) is 0.365. The number of rotatable bonds is 3. The highest BCUT2D eigenvalue weighted by molar-refractivity contribution is 7.94. The van der Waals surface area contributed by atoms with Gasteiger partial charge in [0.05, 0.1) is 10.5 Å². The van der Waals surface area contributed by atoms with E-state index >= 15 is 0 Å². The monoisotopic (exact) mass is 277 g/mol. The number of aromatic amines is 1. The molecule has 0 atom stereocenters. The lowest BCUT2D eigenvalue weighted by Gasteiger charge is -2.03. The summed E-state index contributed by atoms with van der Waals surface area (Å²) in [5.41, 5.74) is 0.728. The third kappa shape index (κ3) is 2.21.